The molecule has 0 spiro atoms. The Bertz CT molecular complexity index is 387. The van der Waals surface area contributed by atoms with Gasteiger partial charge in [0.15, 0.2) is 9.84 Å². The van der Waals surface area contributed by atoms with E-state index in [4.69, 9.17) is 0 Å². The molecule has 0 amide bonds. The molecule has 2 rings (SSSR count). The maximum Gasteiger partial charge on any atom is 0.153 e. The van der Waals surface area contributed by atoms with E-state index in [0.717, 1.165) is 26.1 Å². The van der Waals surface area contributed by atoms with E-state index in [0.29, 0.717) is 30.1 Å². The monoisotopic (exact) mass is 289 g/mol. The van der Waals surface area contributed by atoms with E-state index in [1.54, 1.807) is 0 Å². The standard InChI is InChI=1S/C13H27N3O2S/c1-11-8-16(9-12(2)15(11)3)6-4-13-10-19(17,18)7-5-14-13/h11-14H,4-10H2,1-3H3. The number of nitrogens with one attached hydrogen (secondary N) is 1. The molecule has 6 heteroatoms. The highest BCUT2D eigenvalue weighted by Gasteiger charge is 2.28. The van der Waals surface area contributed by atoms with E-state index in [1.165, 1.54) is 0 Å². The second-order valence-corrected chi connectivity index (χ2v) is 8.41. The van der Waals surface area contributed by atoms with Crippen LogP contribution in [0, 0.1) is 0 Å². The van der Waals surface area contributed by atoms with Gasteiger partial charge in [0, 0.05) is 37.8 Å². The highest BCUT2D eigenvalue weighted by molar-refractivity contribution is 7.91. The summed E-state index contributed by atoms with van der Waals surface area (Å²) in [5.41, 5.74) is 0. The lowest BCUT2D eigenvalue weighted by Crippen LogP contribution is -2.55. The maximum absolute atomic E-state index is 11.6. The Morgan fingerprint density at radius 1 is 1.21 bits per heavy atom. The Hall–Kier alpha value is -0.170. The molecule has 0 bridgehead atoms. The predicted molar refractivity (Wildman–Crippen MR) is 78.2 cm³/mol. The van der Waals surface area contributed by atoms with Crippen molar-refractivity contribution in [1.82, 2.24) is 15.1 Å². The lowest BCUT2D eigenvalue weighted by molar-refractivity contribution is 0.0581. The quantitative estimate of drug-likeness (QED) is 0.779. The van der Waals surface area contributed by atoms with E-state index in [-0.39, 0.29) is 6.04 Å². The van der Waals surface area contributed by atoms with Crippen molar-refractivity contribution in [3.05, 3.63) is 0 Å². The average molecular weight is 289 g/mol. The topological polar surface area (TPSA) is 52.7 Å². The Labute approximate surface area is 117 Å². The summed E-state index contributed by atoms with van der Waals surface area (Å²) in [5.74, 6) is 0.609. The highest BCUT2D eigenvalue weighted by Crippen LogP contribution is 2.14. The van der Waals surface area contributed by atoms with Gasteiger partial charge in [0.05, 0.1) is 11.5 Å². The number of rotatable bonds is 3. The molecular formula is C13H27N3O2S. The summed E-state index contributed by atoms with van der Waals surface area (Å²) >= 11 is 0. The summed E-state index contributed by atoms with van der Waals surface area (Å²) in [6, 6.07) is 1.29. The van der Waals surface area contributed by atoms with E-state index in [9.17, 15) is 8.42 Å². The van der Waals surface area contributed by atoms with Crippen LogP contribution in [0.1, 0.15) is 20.3 Å². The van der Waals surface area contributed by atoms with Gasteiger partial charge in [-0.3, -0.25) is 4.90 Å². The van der Waals surface area contributed by atoms with Crippen LogP contribution in [0.15, 0.2) is 0 Å². The second kappa shape index (κ2) is 6.08. The van der Waals surface area contributed by atoms with Crippen LogP contribution in [0.2, 0.25) is 0 Å². The molecule has 19 heavy (non-hydrogen) atoms. The zero-order valence-corrected chi connectivity index (χ0v) is 13.1. The summed E-state index contributed by atoms with van der Waals surface area (Å²) in [6.07, 6.45) is 0.933. The van der Waals surface area contributed by atoms with Gasteiger partial charge >= 0.3 is 0 Å². The summed E-state index contributed by atoms with van der Waals surface area (Å²) in [6.45, 7) is 8.29. The molecule has 2 aliphatic rings. The molecule has 0 saturated carbocycles. The van der Waals surface area contributed by atoms with Gasteiger partial charge in [-0.05, 0) is 33.9 Å². The number of hydrogen-bond acceptors (Lipinski definition) is 5. The van der Waals surface area contributed by atoms with Crippen LogP contribution in [-0.2, 0) is 9.84 Å². The Balaban J connectivity index is 1.79. The first-order valence-corrected chi connectivity index (χ1v) is 9.07. The summed E-state index contributed by atoms with van der Waals surface area (Å²) in [5, 5.41) is 3.33. The summed E-state index contributed by atoms with van der Waals surface area (Å²) in [7, 11) is -0.622. The smallest absolute Gasteiger partial charge is 0.153 e. The van der Waals surface area contributed by atoms with Crippen molar-refractivity contribution in [3.63, 3.8) is 0 Å². The van der Waals surface area contributed by atoms with Crippen molar-refractivity contribution in [1.29, 1.82) is 0 Å². The van der Waals surface area contributed by atoms with Gasteiger partial charge in [0.2, 0.25) is 0 Å². The van der Waals surface area contributed by atoms with Gasteiger partial charge in [-0.25, -0.2) is 8.42 Å². The maximum atomic E-state index is 11.6. The van der Waals surface area contributed by atoms with Gasteiger partial charge in [-0.15, -0.1) is 0 Å². The molecule has 1 N–H and O–H groups in total. The van der Waals surface area contributed by atoms with Crippen molar-refractivity contribution in [3.8, 4) is 0 Å². The van der Waals surface area contributed by atoms with Crippen LogP contribution in [-0.4, -0.2) is 81.1 Å². The van der Waals surface area contributed by atoms with Crippen molar-refractivity contribution >= 4 is 9.84 Å². The zero-order chi connectivity index (χ0) is 14.0. The van der Waals surface area contributed by atoms with E-state index >= 15 is 0 Å². The average Bonchev–Trinajstić information content (AvgIpc) is 2.32. The summed E-state index contributed by atoms with van der Waals surface area (Å²) < 4.78 is 23.2. The largest absolute Gasteiger partial charge is 0.312 e. The first kappa shape index (κ1) is 15.2. The third kappa shape index (κ3) is 4.15. The number of likely N-dealkylation sites (N-methyl/N-ethyl adjacent to an activating group) is 1. The van der Waals surface area contributed by atoms with Gasteiger partial charge < -0.3 is 10.2 Å². The van der Waals surface area contributed by atoms with Crippen LogP contribution in [0.25, 0.3) is 0 Å². The Morgan fingerprint density at radius 3 is 2.42 bits per heavy atom. The van der Waals surface area contributed by atoms with Crippen LogP contribution in [0.5, 0.6) is 0 Å². The fraction of sp³-hybridized carbons (Fsp3) is 1.00. The zero-order valence-electron chi connectivity index (χ0n) is 12.3. The van der Waals surface area contributed by atoms with Crippen molar-refractivity contribution in [2.24, 2.45) is 0 Å². The van der Waals surface area contributed by atoms with Crippen LogP contribution < -0.4 is 5.32 Å². The van der Waals surface area contributed by atoms with Gasteiger partial charge in [-0.1, -0.05) is 0 Å². The fourth-order valence-corrected chi connectivity index (χ4v) is 4.58. The van der Waals surface area contributed by atoms with Crippen LogP contribution in [0.4, 0.5) is 0 Å². The molecule has 2 saturated heterocycles. The first-order chi connectivity index (χ1) is 8.87. The van der Waals surface area contributed by atoms with E-state index in [2.05, 4.69) is 36.0 Å². The minimum atomic E-state index is -2.80. The van der Waals surface area contributed by atoms with E-state index in [1.807, 2.05) is 0 Å². The Kier molecular flexibility index (Phi) is 4.87. The molecule has 0 aromatic heterocycles. The number of piperazine rings is 1. The highest BCUT2D eigenvalue weighted by atomic mass is 32.2. The minimum Gasteiger partial charge on any atom is -0.312 e. The Morgan fingerprint density at radius 2 is 1.84 bits per heavy atom. The van der Waals surface area contributed by atoms with Crippen LogP contribution in [0.3, 0.4) is 0 Å². The molecule has 0 aromatic rings. The molecule has 2 aliphatic heterocycles. The normalized spacial score (nSPS) is 37.3. The molecule has 0 radical (unpaired) electrons. The van der Waals surface area contributed by atoms with Crippen LogP contribution >= 0.6 is 0 Å². The molecule has 0 aliphatic carbocycles. The van der Waals surface area contributed by atoms with Crippen molar-refractivity contribution < 1.29 is 8.42 Å². The van der Waals surface area contributed by atoms with Gasteiger partial charge in [0.25, 0.3) is 0 Å². The number of nitrogens with zero attached hydrogens (tertiary/aromatic N) is 2. The molecule has 3 unspecified atom stereocenters. The predicted octanol–water partition coefficient (Wildman–Crippen LogP) is -0.212. The molecule has 2 fully saturated rings. The molecule has 0 aromatic carbocycles. The molecular weight excluding hydrogens is 262 g/mol. The lowest BCUT2D eigenvalue weighted by Gasteiger charge is -2.43. The lowest BCUT2D eigenvalue weighted by atomic mass is 10.1. The van der Waals surface area contributed by atoms with Crippen molar-refractivity contribution in [2.45, 2.75) is 38.4 Å². The molecule has 5 nitrogen and oxygen atoms in total. The SMILES string of the molecule is CC1CN(CCC2CS(=O)(=O)CCN2)CC(C)N1C. The first-order valence-electron chi connectivity index (χ1n) is 7.25. The van der Waals surface area contributed by atoms with Gasteiger partial charge in [0.1, 0.15) is 0 Å². The van der Waals surface area contributed by atoms with Gasteiger partial charge in [-0.2, -0.15) is 0 Å². The second-order valence-electron chi connectivity index (χ2n) is 6.18. The fourth-order valence-electron chi connectivity index (χ4n) is 3.09. The van der Waals surface area contributed by atoms with E-state index < -0.39 is 9.84 Å². The molecule has 2 heterocycles. The third-order valence-electron chi connectivity index (χ3n) is 4.53. The van der Waals surface area contributed by atoms with Crippen molar-refractivity contribution in [2.75, 3.05) is 44.7 Å². The third-order valence-corrected chi connectivity index (χ3v) is 6.27. The summed E-state index contributed by atoms with van der Waals surface area (Å²) in [4.78, 5) is 4.89. The number of hydrogen-bond donors (Lipinski definition) is 1. The molecule has 112 valence electrons. The number of sulfone groups is 1. The molecule has 3 atom stereocenters. The minimum absolute atomic E-state index is 0.143.